The highest BCUT2D eigenvalue weighted by Gasteiger charge is 2.44. The lowest BCUT2D eigenvalue weighted by molar-refractivity contribution is -0.00905. The SMILES string of the molecule is CCOC(=O)N1CCC2(CC1)CC(=O)c1c(F)cccc1O2. The van der Waals surface area contributed by atoms with Gasteiger partial charge in [0, 0.05) is 25.9 Å². The molecule has 0 aliphatic carbocycles. The van der Waals surface area contributed by atoms with Crippen molar-refractivity contribution in [3.05, 3.63) is 29.6 Å². The second-order valence-electron chi connectivity index (χ2n) is 5.68. The summed E-state index contributed by atoms with van der Waals surface area (Å²) < 4.78 is 24.7. The number of halogens is 1. The molecule has 0 saturated carbocycles. The Morgan fingerprint density at radius 3 is 2.82 bits per heavy atom. The van der Waals surface area contributed by atoms with Gasteiger partial charge in [0.05, 0.1) is 18.6 Å². The summed E-state index contributed by atoms with van der Waals surface area (Å²) in [6.45, 7) is 3.04. The number of likely N-dealkylation sites (tertiary alicyclic amines) is 1. The van der Waals surface area contributed by atoms with Crippen molar-refractivity contribution >= 4 is 11.9 Å². The molecule has 3 rings (SSSR count). The molecule has 0 unspecified atom stereocenters. The summed E-state index contributed by atoms with van der Waals surface area (Å²) in [7, 11) is 0. The smallest absolute Gasteiger partial charge is 0.409 e. The Labute approximate surface area is 128 Å². The quantitative estimate of drug-likeness (QED) is 0.800. The zero-order valence-electron chi connectivity index (χ0n) is 12.4. The first-order valence-electron chi connectivity index (χ1n) is 7.47. The highest BCUT2D eigenvalue weighted by atomic mass is 19.1. The highest BCUT2D eigenvalue weighted by molar-refractivity contribution is 6.00. The molecule has 1 fully saturated rings. The number of ether oxygens (including phenoxy) is 2. The van der Waals surface area contributed by atoms with Crippen molar-refractivity contribution in [1.82, 2.24) is 4.90 Å². The zero-order valence-corrected chi connectivity index (χ0v) is 12.4. The average molecular weight is 307 g/mol. The predicted molar refractivity (Wildman–Crippen MR) is 76.5 cm³/mol. The summed E-state index contributed by atoms with van der Waals surface area (Å²) in [5.74, 6) is -0.467. The van der Waals surface area contributed by atoms with Crippen LogP contribution in [0.1, 0.15) is 36.5 Å². The second-order valence-corrected chi connectivity index (χ2v) is 5.68. The van der Waals surface area contributed by atoms with E-state index in [9.17, 15) is 14.0 Å². The zero-order chi connectivity index (χ0) is 15.7. The number of ketones is 1. The summed E-state index contributed by atoms with van der Waals surface area (Å²) in [5.41, 5.74) is -0.595. The van der Waals surface area contributed by atoms with E-state index in [1.807, 2.05) is 0 Å². The van der Waals surface area contributed by atoms with Gasteiger partial charge in [-0.3, -0.25) is 4.79 Å². The number of fused-ring (bicyclic) bond motifs is 1. The third kappa shape index (κ3) is 2.53. The van der Waals surface area contributed by atoms with Gasteiger partial charge in [-0.2, -0.15) is 0 Å². The molecule has 0 radical (unpaired) electrons. The van der Waals surface area contributed by atoms with Crippen LogP contribution >= 0.6 is 0 Å². The lowest BCUT2D eigenvalue weighted by Gasteiger charge is -2.43. The molecule has 1 spiro atoms. The Hall–Kier alpha value is -2.11. The molecule has 1 aromatic carbocycles. The number of carbonyl (C=O) groups excluding carboxylic acids is 2. The van der Waals surface area contributed by atoms with Crippen LogP contribution < -0.4 is 4.74 Å². The van der Waals surface area contributed by atoms with Gasteiger partial charge in [-0.05, 0) is 19.1 Å². The minimum Gasteiger partial charge on any atom is -0.486 e. The van der Waals surface area contributed by atoms with Crippen LogP contribution in [0.25, 0.3) is 0 Å². The summed E-state index contributed by atoms with van der Waals surface area (Å²) in [6.07, 6.45) is 0.879. The van der Waals surface area contributed by atoms with Gasteiger partial charge in [0.1, 0.15) is 17.2 Å². The number of carbonyl (C=O) groups is 2. The third-order valence-electron chi connectivity index (χ3n) is 4.26. The molecule has 1 amide bonds. The van der Waals surface area contributed by atoms with Gasteiger partial charge in [0.25, 0.3) is 0 Å². The standard InChI is InChI=1S/C16H18FNO4/c1-2-21-15(20)18-8-6-16(7-9-18)10-12(19)14-11(17)4-3-5-13(14)22-16/h3-5H,2,6-10H2,1H3. The van der Waals surface area contributed by atoms with Crippen LogP contribution in [0.5, 0.6) is 5.75 Å². The number of hydrogen-bond donors (Lipinski definition) is 0. The van der Waals surface area contributed by atoms with Crippen LogP contribution in [-0.2, 0) is 4.74 Å². The fourth-order valence-electron chi connectivity index (χ4n) is 3.10. The van der Waals surface area contributed by atoms with E-state index in [2.05, 4.69) is 0 Å². The summed E-state index contributed by atoms with van der Waals surface area (Å²) in [6, 6.07) is 4.42. The lowest BCUT2D eigenvalue weighted by Crippen LogP contribution is -2.52. The summed E-state index contributed by atoms with van der Waals surface area (Å²) >= 11 is 0. The molecule has 0 atom stereocenters. The molecule has 118 valence electrons. The van der Waals surface area contributed by atoms with E-state index < -0.39 is 11.4 Å². The fourth-order valence-corrected chi connectivity index (χ4v) is 3.10. The Bertz CT molecular complexity index is 608. The maximum atomic E-state index is 13.8. The van der Waals surface area contributed by atoms with Gasteiger partial charge in [-0.25, -0.2) is 9.18 Å². The van der Waals surface area contributed by atoms with Gasteiger partial charge >= 0.3 is 6.09 Å². The van der Waals surface area contributed by atoms with Crippen molar-refractivity contribution in [3.8, 4) is 5.75 Å². The van der Waals surface area contributed by atoms with Crippen LogP contribution in [0.15, 0.2) is 18.2 Å². The Morgan fingerprint density at radius 2 is 2.14 bits per heavy atom. The molecule has 22 heavy (non-hydrogen) atoms. The molecule has 1 aromatic rings. The van der Waals surface area contributed by atoms with Crippen molar-refractivity contribution in [2.45, 2.75) is 31.8 Å². The van der Waals surface area contributed by atoms with E-state index in [1.54, 1.807) is 17.9 Å². The van der Waals surface area contributed by atoms with Gasteiger partial charge in [-0.15, -0.1) is 0 Å². The van der Waals surface area contributed by atoms with E-state index in [1.165, 1.54) is 12.1 Å². The van der Waals surface area contributed by atoms with Gasteiger partial charge in [0.15, 0.2) is 5.78 Å². The molecule has 1 saturated heterocycles. The first kappa shape index (κ1) is 14.8. The van der Waals surface area contributed by atoms with Crippen LogP contribution in [0, 0.1) is 5.82 Å². The van der Waals surface area contributed by atoms with Gasteiger partial charge in [-0.1, -0.05) is 6.07 Å². The van der Waals surface area contributed by atoms with Crippen LogP contribution in [0.3, 0.4) is 0 Å². The van der Waals surface area contributed by atoms with Crippen molar-refractivity contribution in [1.29, 1.82) is 0 Å². The number of amides is 1. The molecule has 2 aliphatic rings. The summed E-state index contributed by atoms with van der Waals surface area (Å²) in [5, 5.41) is 0. The Morgan fingerprint density at radius 1 is 1.41 bits per heavy atom. The van der Waals surface area contributed by atoms with Crippen molar-refractivity contribution in [2.24, 2.45) is 0 Å². The highest BCUT2D eigenvalue weighted by Crippen LogP contribution is 2.40. The molecule has 0 N–H and O–H groups in total. The van der Waals surface area contributed by atoms with Gasteiger partial charge < -0.3 is 14.4 Å². The molecule has 2 aliphatic heterocycles. The van der Waals surface area contributed by atoms with Crippen LogP contribution in [-0.4, -0.2) is 42.1 Å². The Balaban J connectivity index is 1.75. The van der Waals surface area contributed by atoms with E-state index >= 15 is 0 Å². The number of Topliss-reactive ketones (excluding diaryl/α,β-unsaturated/α-hetero) is 1. The fraction of sp³-hybridized carbons (Fsp3) is 0.500. The predicted octanol–water partition coefficient (Wildman–Crippen LogP) is 2.78. The monoisotopic (exact) mass is 307 g/mol. The number of rotatable bonds is 1. The summed E-state index contributed by atoms with van der Waals surface area (Å²) in [4.78, 5) is 25.6. The lowest BCUT2D eigenvalue weighted by atomic mass is 9.82. The Kier molecular flexibility index (Phi) is 3.76. The largest absolute Gasteiger partial charge is 0.486 e. The minimum atomic E-state index is -0.638. The molecule has 0 aromatic heterocycles. The minimum absolute atomic E-state index is 0.0425. The first-order valence-corrected chi connectivity index (χ1v) is 7.47. The van der Waals surface area contributed by atoms with E-state index in [4.69, 9.17) is 9.47 Å². The molecule has 2 heterocycles. The van der Waals surface area contributed by atoms with Crippen molar-refractivity contribution in [3.63, 3.8) is 0 Å². The number of piperidine rings is 1. The number of benzene rings is 1. The first-order chi connectivity index (χ1) is 10.5. The van der Waals surface area contributed by atoms with Crippen molar-refractivity contribution in [2.75, 3.05) is 19.7 Å². The maximum Gasteiger partial charge on any atom is 0.409 e. The van der Waals surface area contributed by atoms with E-state index in [0.29, 0.717) is 38.3 Å². The number of hydrogen-bond acceptors (Lipinski definition) is 4. The second kappa shape index (κ2) is 5.59. The normalized spacial score (nSPS) is 19.5. The molecular weight excluding hydrogens is 289 g/mol. The van der Waals surface area contributed by atoms with Gasteiger partial charge in [0.2, 0.25) is 0 Å². The molecule has 0 bridgehead atoms. The molecule has 6 heteroatoms. The van der Waals surface area contributed by atoms with E-state index in [0.717, 1.165) is 0 Å². The topological polar surface area (TPSA) is 55.8 Å². The number of nitrogens with zero attached hydrogens (tertiary/aromatic N) is 1. The van der Waals surface area contributed by atoms with Crippen LogP contribution in [0.2, 0.25) is 0 Å². The maximum absolute atomic E-state index is 13.8. The van der Waals surface area contributed by atoms with E-state index in [-0.39, 0.29) is 23.9 Å². The molecular formula is C16H18FNO4. The van der Waals surface area contributed by atoms with Crippen LogP contribution in [0.4, 0.5) is 9.18 Å². The average Bonchev–Trinajstić information content (AvgIpc) is 2.47. The molecule has 5 nitrogen and oxygen atoms in total. The van der Waals surface area contributed by atoms with Crippen molar-refractivity contribution < 1.29 is 23.5 Å². The third-order valence-corrected chi connectivity index (χ3v) is 4.26.